The van der Waals surface area contributed by atoms with Gasteiger partial charge in [-0.2, -0.15) is 5.26 Å². The first-order chi connectivity index (χ1) is 12.6. The summed E-state index contributed by atoms with van der Waals surface area (Å²) < 4.78 is 5.47. The Hall–Kier alpha value is -3.66. The van der Waals surface area contributed by atoms with Gasteiger partial charge in [-0.3, -0.25) is 4.79 Å². The van der Waals surface area contributed by atoms with Crippen LogP contribution in [-0.2, 0) is 4.79 Å². The van der Waals surface area contributed by atoms with Crippen LogP contribution >= 0.6 is 0 Å². The van der Waals surface area contributed by atoms with Crippen LogP contribution in [0.5, 0.6) is 5.88 Å². The quantitative estimate of drug-likeness (QED) is 0.665. The van der Waals surface area contributed by atoms with E-state index in [1.54, 1.807) is 37.7 Å². The summed E-state index contributed by atoms with van der Waals surface area (Å²) in [4.78, 5) is 22.7. The molecule has 3 heterocycles. The van der Waals surface area contributed by atoms with Gasteiger partial charge < -0.3 is 15.5 Å². The first kappa shape index (κ1) is 17.2. The van der Waals surface area contributed by atoms with Crippen LogP contribution in [0.2, 0.25) is 0 Å². The van der Waals surface area contributed by atoms with Crippen molar-refractivity contribution in [3.63, 3.8) is 0 Å². The monoisotopic (exact) mass is 347 g/mol. The van der Waals surface area contributed by atoms with Crippen LogP contribution in [-0.4, -0.2) is 27.5 Å². The van der Waals surface area contributed by atoms with Crippen LogP contribution in [0.15, 0.2) is 42.9 Å². The number of nitrogens with one attached hydrogen (secondary N) is 1. The Morgan fingerprint density at radius 3 is 2.88 bits per heavy atom. The van der Waals surface area contributed by atoms with Crippen LogP contribution < -0.4 is 10.5 Å². The first-order valence-corrected chi connectivity index (χ1v) is 8.00. The molecule has 0 unspecified atom stereocenters. The second kappa shape index (κ2) is 7.49. The molecule has 26 heavy (non-hydrogen) atoms. The highest BCUT2D eigenvalue weighted by Crippen LogP contribution is 2.26. The van der Waals surface area contributed by atoms with Crippen molar-refractivity contribution in [1.82, 2.24) is 15.0 Å². The highest BCUT2D eigenvalue weighted by atomic mass is 16.5. The summed E-state index contributed by atoms with van der Waals surface area (Å²) >= 11 is 0. The van der Waals surface area contributed by atoms with Gasteiger partial charge >= 0.3 is 0 Å². The molecule has 130 valence electrons. The number of primary amides is 1. The topological polar surface area (TPSA) is 118 Å². The standard InChI is InChI=1S/C19H17N5O2/c1-12(7-20)11-26-18-5-3-13(8-22-18)15-6-16-14(2-4-17(21)25)9-23-19(16)24-10-15/h2-6,8-10,12H,11H2,1H3,(H2,21,25)(H,23,24)/t12-/m0/s1. The molecule has 0 saturated heterocycles. The molecule has 7 heteroatoms. The average Bonchev–Trinajstić information content (AvgIpc) is 3.07. The average molecular weight is 347 g/mol. The predicted octanol–water partition coefficient (Wildman–Crippen LogP) is 2.66. The van der Waals surface area contributed by atoms with Crippen molar-refractivity contribution in [2.24, 2.45) is 11.7 Å². The number of H-pyrrole nitrogens is 1. The Morgan fingerprint density at radius 1 is 1.38 bits per heavy atom. The molecule has 3 aromatic rings. The fourth-order valence-corrected chi connectivity index (χ4v) is 2.38. The van der Waals surface area contributed by atoms with Gasteiger partial charge in [-0.25, -0.2) is 9.97 Å². The molecule has 1 amide bonds. The molecule has 3 N–H and O–H groups in total. The summed E-state index contributed by atoms with van der Waals surface area (Å²) in [5, 5.41) is 9.65. The molecule has 7 nitrogen and oxygen atoms in total. The normalized spacial score (nSPS) is 12.2. The molecule has 3 rings (SSSR count). The summed E-state index contributed by atoms with van der Waals surface area (Å²) in [7, 11) is 0. The number of ether oxygens (including phenoxy) is 1. The Kier molecular flexibility index (Phi) is 4.94. The SMILES string of the molecule is C[C@@H](C#N)COc1ccc(-c2cnc3[nH]cc(C=CC(N)=O)c3c2)cn1. The van der Waals surface area contributed by atoms with Gasteiger partial charge in [0.15, 0.2) is 0 Å². The third kappa shape index (κ3) is 3.87. The number of fused-ring (bicyclic) bond motifs is 1. The van der Waals surface area contributed by atoms with E-state index in [1.807, 2.05) is 12.1 Å². The highest BCUT2D eigenvalue weighted by molar-refractivity contribution is 5.95. The molecule has 0 fully saturated rings. The van der Waals surface area contributed by atoms with Crippen molar-refractivity contribution in [1.29, 1.82) is 5.26 Å². The van der Waals surface area contributed by atoms with Gasteiger partial charge in [0, 0.05) is 52.8 Å². The lowest BCUT2D eigenvalue weighted by molar-refractivity contribution is -0.113. The number of nitriles is 1. The van der Waals surface area contributed by atoms with E-state index >= 15 is 0 Å². The molecule has 0 aliphatic rings. The molecule has 0 aromatic carbocycles. The number of aromatic nitrogens is 3. The molecule has 1 atom stereocenters. The maximum atomic E-state index is 10.9. The first-order valence-electron chi connectivity index (χ1n) is 8.00. The minimum Gasteiger partial charge on any atom is -0.476 e. The van der Waals surface area contributed by atoms with E-state index in [1.165, 1.54) is 6.08 Å². The number of nitrogens with two attached hydrogens (primary N) is 1. The van der Waals surface area contributed by atoms with E-state index in [0.29, 0.717) is 12.5 Å². The van der Waals surface area contributed by atoms with Crippen LogP contribution in [0.25, 0.3) is 28.2 Å². The largest absolute Gasteiger partial charge is 0.476 e. The van der Waals surface area contributed by atoms with Crippen LogP contribution in [0.1, 0.15) is 12.5 Å². The van der Waals surface area contributed by atoms with Gasteiger partial charge in [0.1, 0.15) is 12.3 Å². The van der Waals surface area contributed by atoms with E-state index in [9.17, 15) is 4.79 Å². The lowest BCUT2D eigenvalue weighted by Crippen LogP contribution is -2.06. The smallest absolute Gasteiger partial charge is 0.241 e. The highest BCUT2D eigenvalue weighted by Gasteiger charge is 2.07. The van der Waals surface area contributed by atoms with Crippen LogP contribution in [0.4, 0.5) is 0 Å². The van der Waals surface area contributed by atoms with Gasteiger partial charge in [0.25, 0.3) is 0 Å². The van der Waals surface area contributed by atoms with Gasteiger partial charge in [-0.05, 0) is 25.1 Å². The van der Waals surface area contributed by atoms with E-state index < -0.39 is 5.91 Å². The van der Waals surface area contributed by atoms with Crippen molar-refractivity contribution in [3.05, 3.63) is 48.4 Å². The van der Waals surface area contributed by atoms with Crippen molar-refractivity contribution in [2.45, 2.75) is 6.92 Å². The maximum Gasteiger partial charge on any atom is 0.241 e. The molecule has 0 aliphatic heterocycles. The number of aromatic amines is 1. The number of amides is 1. The minimum atomic E-state index is -0.506. The van der Waals surface area contributed by atoms with E-state index in [-0.39, 0.29) is 5.92 Å². The number of hydrogen-bond acceptors (Lipinski definition) is 5. The summed E-state index contributed by atoms with van der Waals surface area (Å²) in [6, 6.07) is 7.72. The third-order valence-electron chi connectivity index (χ3n) is 3.76. The van der Waals surface area contributed by atoms with E-state index in [2.05, 4.69) is 21.0 Å². The summed E-state index contributed by atoms with van der Waals surface area (Å²) in [5.74, 6) is -0.228. The zero-order valence-corrected chi connectivity index (χ0v) is 14.1. The van der Waals surface area contributed by atoms with Crippen LogP contribution in [0, 0.1) is 17.2 Å². The minimum absolute atomic E-state index is 0.191. The number of carbonyl (C=O) groups is 1. The molecular weight excluding hydrogens is 330 g/mol. The Balaban J connectivity index is 1.85. The Morgan fingerprint density at radius 2 is 2.19 bits per heavy atom. The predicted molar refractivity (Wildman–Crippen MR) is 97.8 cm³/mol. The van der Waals surface area contributed by atoms with Gasteiger partial charge in [0.05, 0.1) is 12.0 Å². The fraction of sp³-hybridized carbons (Fsp3) is 0.158. The molecule has 0 aliphatic carbocycles. The summed E-state index contributed by atoms with van der Waals surface area (Å²) in [5.41, 5.74) is 8.46. The van der Waals surface area contributed by atoms with Crippen LogP contribution in [0.3, 0.4) is 0 Å². The lowest BCUT2D eigenvalue weighted by atomic mass is 10.1. The lowest BCUT2D eigenvalue weighted by Gasteiger charge is -2.07. The molecule has 0 bridgehead atoms. The fourth-order valence-electron chi connectivity index (χ4n) is 2.38. The van der Waals surface area contributed by atoms with Crippen molar-refractivity contribution >= 4 is 23.0 Å². The second-order valence-electron chi connectivity index (χ2n) is 5.83. The molecule has 0 spiro atoms. The van der Waals surface area contributed by atoms with Crippen molar-refractivity contribution < 1.29 is 9.53 Å². The molecule has 0 radical (unpaired) electrons. The number of carbonyl (C=O) groups excluding carboxylic acids is 1. The van der Waals surface area contributed by atoms with E-state index in [0.717, 1.165) is 27.7 Å². The van der Waals surface area contributed by atoms with Crippen molar-refractivity contribution in [3.8, 4) is 23.1 Å². The second-order valence-corrected chi connectivity index (χ2v) is 5.83. The molecule has 3 aromatic heterocycles. The molecule has 0 saturated carbocycles. The maximum absolute atomic E-state index is 10.9. The number of nitrogens with zero attached hydrogens (tertiary/aromatic N) is 3. The number of rotatable bonds is 6. The van der Waals surface area contributed by atoms with Gasteiger partial charge in [-0.1, -0.05) is 0 Å². The zero-order chi connectivity index (χ0) is 18.5. The third-order valence-corrected chi connectivity index (χ3v) is 3.76. The number of pyridine rings is 2. The Labute approximate surface area is 150 Å². The van der Waals surface area contributed by atoms with Gasteiger partial charge in [0.2, 0.25) is 11.8 Å². The Bertz CT molecular complexity index is 999. The summed E-state index contributed by atoms with van der Waals surface area (Å²) in [6.45, 7) is 2.09. The number of hydrogen-bond donors (Lipinski definition) is 2. The summed E-state index contributed by atoms with van der Waals surface area (Å²) in [6.07, 6.45) is 8.17. The zero-order valence-electron chi connectivity index (χ0n) is 14.1. The van der Waals surface area contributed by atoms with Gasteiger partial charge in [-0.15, -0.1) is 0 Å². The molecular formula is C19H17N5O2. The van der Waals surface area contributed by atoms with Crippen molar-refractivity contribution in [2.75, 3.05) is 6.61 Å². The van der Waals surface area contributed by atoms with E-state index in [4.69, 9.17) is 15.7 Å².